The summed E-state index contributed by atoms with van der Waals surface area (Å²) in [6.45, 7) is 9.48. The van der Waals surface area contributed by atoms with Crippen LogP contribution in [0.4, 0.5) is 4.39 Å². The third-order valence-corrected chi connectivity index (χ3v) is 1.45. The van der Waals surface area contributed by atoms with Crippen molar-refractivity contribution in [1.29, 1.82) is 0 Å². The zero-order valence-corrected chi connectivity index (χ0v) is 10.7. The van der Waals surface area contributed by atoms with Crippen LogP contribution < -0.4 is 0 Å². The van der Waals surface area contributed by atoms with E-state index in [-0.39, 0.29) is 0 Å². The fourth-order valence-electron chi connectivity index (χ4n) is 0.895. The molecule has 88 valence electrons. The Hall–Kier alpha value is -1.05. The highest BCUT2D eigenvalue weighted by Crippen LogP contribution is 2.19. The van der Waals surface area contributed by atoms with Crippen LogP contribution in [0.25, 0.3) is 0 Å². The first-order chi connectivity index (χ1) is 7.14. The minimum absolute atomic E-state index is 0.556. The lowest BCUT2D eigenvalue weighted by molar-refractivity contribution is 0.279. The van der Waals surface area contributed by atoms with Gasteiger partial charge >= 0.3 is 0 Å². The van der Waals surface area contributed by atoms with Crippen LogP contribution in [-0.2, 0) is 4.74 Å². The number of hydrogen-bond donors (Lipinski definition) is 0. The normalized spacial score (nSPS) is 22.5. The predicted octanol–water partition coefficient (Wildman–Crippen LogP) is 4.42. The van der Waals surface area contributed by atoms with E-state index in [4.69, 9.17) is 4.74 Å². The largest absolute Gasteiger partial charge is 0.497 e. The van der Waals surface area contributed by atoms with Gasteiger partial charge < -0.3 is 4.74 Å². The molecule has 0 spiro atoms. The van der Waals surface area contributed by atoms with E-state index in [1.54, 1.807) is 18.2 Å². The average molecular weight is 214 g/mol. The molecule has 0 saturated carbocycles. The van der Waals surface area contributed by atoms with Crippen molar-refractivity contribution in [2.24, 2.45) is 0 Å². The fraction of sp³-hybridized carbons (Fsp3) is 0.538. The Morgan fingerprint density at radius 1 is 1.13 bits per heavy atom. The van der Waals surface area contributed by atoms with Gasteiger partial charge in [-0.2, -0.15) is 0 Å². The van der Waals surface area contributed by atoms with E-state index in [2.05, 4.69) is 0 Å². The molecule has 15 heavy (non-hydrogen) atoms. The lowest BCUT2D eigenvalue weighted by Gasteiger charge is -2.09. The molecule has 2 heteroatoms. The van der Waals surface area contributed by atoms with Gasteiger partial charge in [0, 0.05) is 0 Å². The van der Waals surface area contributed by atoms with Gasteiger partial charge in [0.2, 0.25) is 0 Å². The van der Waals surface area contributed by atoms with E-state index in [9.17, 15) is 4.39 Å². The number of ether oxygens (including phenoxy) is 1. The summed E-state index contributed by atoms with van der Waals surface area (Å²) in [4.78, 5) is 0. The molecule has 0 radical (unpaired) electrons. The van der Waals surface area contributed by atoms with Crippen molar-refractivity contribution in [2.75, 3.05) is 7.11 Å². The third kappa shape index (κ3) is 7.98. The maximum absolute atomic E-state index is 13.3. The Morgan fingerprint density at radius 2 is 1.67 bits per heavy atom. The second kappa shape index (κ2) is 9.50. The van der Waals surface area contributed by atoms with Gasteiger partial charge in [0.15, 0.2) is 0 Å². The molecule has 0 aromatic heterocycles. The molecule has 1 nitrogen and oxygen atoms in total. The molecule has 0 amide bonds. The maximum atomic E-state index is 13.3. The topological polar surface area (TPSA) is 9.23 Å². The van der Waals surface area contributed by atoms with Crippen LogP contribution in [0.3, 0.4) is 0 Å². The molecule has 1 unspecified atom stereocenters. The molecule has 0 saturated heterocycles. The lowest BCUT2D eigenvalue weighted by atomic mass is 10.1. The molecule has 1 aliphatic rings. The quantitative estimate of drug-likeness (QED) is 0.627. The Bertz CT molecular complexity index is 225. The highest BCUT2D eigenvalue weighted by Gasteiger charge is 2.17. The number of methoxy groups -OCH3 is 1. The summed E-state index contributed by atoms with van der Waals surface area (Å²) in [5.74, 6) is 0.556. The van der Waals surface area contributed by atoms with Gasteiger partial charge in [-0.25, -0.2) is 4.39 Å². The summed E-state index contributed by atoms with van der Waals surface area (Å²) in [7, 11) is 1.53. The summed E-state index contributed by atoms with van der Waals surface area (Å²) < 4.78 is 18.2. The highest BCUT2D eigenvalue weighted by molar-refractivity contribution is 5.29. The molecule has 0 aromatic rings. The molecule has 0 heterocycles. The van der Waals surface area contributed by atoms with Gasteiger partial charge in [0.05, 0.1) is 7.11 Å². The van der Waals surface area contributed by atoms with Crippen LogP contribution in [0.15, 0.2) is 36.1 Å². The number of halogens is 1. The Morgan fingerprint density at radius 3 is 2.13 bits per heavy atom. The van der Waals surface area contributed by atoms with E-state index in [0.29, 0.717) is 5.76 Å². The smallest absolute Gasteiger partial charge is 0.148 e. The SMILES string of the molecule is CC.CC.COC1=CC(C)(F)C=CC=C1. The minimum Gasteiger partial charge on any atom is -0.497 e. The molecule has 0 aliphatic heterocycles. The van der Waals surface area contributed by atoms with Gasteiger partial charge in [0.1, 0.15) is 11.4 Å². The van der Waals surface area contributed by atoms with Gasteiger partial charge in [-0.05, 0) is 25.2 Å². The van der Waals surface area contributed by atoms with Crippen molar-refractivity contribution in [2.45, 2.75) is 40.3 Å². The predicted molar refractivity (Wildman–Crippen MR) is 65.6 cm³/mol. The van der Waals surface area contributed by atoms with Crippen LogP contribution in [-0.4, -0.2) is 12.8 Å². The fourth-order valence-corrected chi connectivity index (χ4v) is 0.895. The van der Waals surface area contributed by atoms with E-state index in [1.165, 1.54) is 26.2 Å². The van der Waals surface area contributed by atoms with Crippen molar-refractivity contribution >= 4 is 0 Å². The highest BCUT2D eigenvalue weighted by atomic mass is 19.1. The zero-order chi connectivity index (χ0) is 12.3. The number of allylic oxidation sites excluding steroid dienone is 5. The summed E-state index contributed by atoms with van der Waals surface area (Å²) >= 11 is 0. The lowest BCUT2D eigenvalue weighted by Crippen LogP contribution is -2.09. The summed E-state index contributed by atoms with van der Waals surface area (Å²) in [5.41, 5.74) is -1.39. The molecule has 1 atom stereocenters. The van der Waals surface area contributed by atoms with Crippen LogP contribution in [0.5, 0.6) is 0 Å². The van der Waals surface area contributed by atoms with Crippen LogP contribution >= 0.6 is 0 Å². The first-order valence-corrected chi connectivity index (χ1v) is 5.46. The van der Waals surface area contributed by atoms with Crippen molar-refractivity contribution in [3.05, 3.63) is 36.1 Å². The molecule has 0 aromatic carbocycles. The second-order valence-corrected chi connectivity index (χ2v) is 2.62. The summed E-state index contributed by atoms with van der Waals surface area (Å²) in [6, 6.07) is 0. The van der Waals surface area contributed by atoms with E-state index >= 15 is 0 Å². The summed E-state index contributed by atoms with van der Waals surface area (Å²) in [5, 5.41) is 0. The van der Waals surface area contributed by atoms with Crippen molar-refractivity contribution in [1.82, 2.24) is 0 Å². The molecule has 0 N–H and O–H groups in total. The van der Waals surface area contributed by atoms with Crippen LogP contribution in [0.1, 0.15) is 34.6 Å². The Balaban J connectivity index is 0. The van der Waals surface area contributed by atoms with Crippen molar-refractivity contribution in [3.63, 3.8) is 0 Å². The average Bonchev–Trinajstić information content (AvgIpc) is 2.44. The standard InChI is InChI=1S/C9H11FO.2C2H6/c1-9(10)6-4-3-5-8(7-9)11-2;2*1-2/h3-7H,1-2H3;2*1-2H3. The van der Waals surface area contributed by atoms with Crippen molar-refractivity contribution in [3.8, 4) is 0 Å². The van der Waals surface area contributed by atoms with E-state index in [1.807, 2.05) is 27.7 Å². The molecule has 0 bridgehead atoms. The minimum atomic E-state index is -1.39. The third-order valence-electron chi connectivity index (χ3n) is 1.45. The van der Waals surface area contributed by atoms with Crippen LogP contribution in [0, 0.1) is 0 Å². The molecule has 0 fully saturated rings. The van der Waals surface area contributed by atoms with Crippen molar-refractivity contribution < 1.29 is 9.13 Å². The first kappa shape index (κ1) is 16.4. The molecule has 1 rings (SSSR count). The van der Waals surface area contributed by atoms with E-state index < -0.39 is 5.67 Å². The summed E-state index contributed by atoms with van der Waals surface area (Å²) in [6.07, 6.45) is 8.06. The van der Waals surface area contributed by atoms with Gasteiger partial charge in [0.25, 0.3) is 0 Å². The monoisotopic (exact) mass is 214 g/mol. The first-order valence-electron chi connectivity index (χ1n) is 5.46. The zero-order valence-electron chi connectivity index (χ0n) is 10.7. The number of alkyl halides is 1. The van der Waals surface area contributed by atoms with E-state index in [0.717, 1.165) is 0 Å². The van der Waals surface area contributed by atoms with Crippen LogP contribution in [0.2, 0.25) is 0 Å². The maximum Gasteiger partial charge on any atom is 0.148 e. The Kier molecular flexibility index (Phi) is 10.4. The Labute approximate surface area is 93.3 Å². The van der Waals surface area contributed by atoms with Gasteiger partial charge in [-0.1, -0.05) is 39.8 Å². The second-order valence-electron chi connectivity index (χ2n) is 2.62. The molecule has 1 aliphatic carbocycles. The molecular formula is C13H23FO. The number of hydrogen-bond acceptors (Lipinski definition) is 1. The van der Waals surface area contributed by atoms with Gasteiger partial charge in [-0.15, -0.1) is 0 Å². The number of rotatable bonds is 1. The molecular weight excluding hydrogens is 191 g/mol. The van der Waals surface area contributed by atoms with Gasteiger partial charge in [-0.3, -0.25) is 0 Å².